The maximum atomic E-state index is 11.4. The molecular weight excluding hydrogens is 298 g/mol. The Morgan fingerprint density at radius 1 is 0.917 bits per heavy atom. The summed E-state index contributed by atoms with van der Waals surface area (Å²) in [4.78, 5) is 11.4. The fourth-order valence-corrected chi connectivity index (χ4v) is 2.73. The van der Waals surface area contributed by atoms with Gasteiger partial charge in [0, 0.05) is 13.0 Å². The lowest BCUT2D eigenvalue weighted by Crippen LogP contribution is -2.23. The predicted octanol–water partition coefficient (Wildman–Crippen LogP) is 5.52. The first-order chi connectivity index (χ1) is 11.7. The van der Waals surface area contributed by atoms with Crippen LogP contribution < -0.4 is 5.32 Å². The Morgan fingerprint density at radius 2 is 1.62 bits per heavy atom. The highest BCUT2D eigenvalue weighted by atomic mass is 16.3. The number of rotatable bonds is 17. The highest BCUT2D eigenvalue weighted by molar-refractivity contribution is 5.75. The minimum Gasteiger partial charge on any atom is -0.393 e. The van der Waals surface area contributed by atoms with E-state index in [0.29, 0.717) is 6.42 Å². The van der Waals surface area contributed by atoms with Crippen LogP contribution in [0.2, 0.25) is 0 Å². The molecule has 1 atom stereocenters. The third-order valence-electron chi connectivity index (χ3n) is 4.31. The molecular formula is C21H41NO2. The fraction of sp³-hybridized carbons (Fsp3) is 0.857. The van der Waals surface area contributed by atoms with Crippen LogP contribution in [0.1, 0.15) is 104 Å². The summed E-state index contributed by atoms with van der Waals surface area (Å²) in [6.07, 6.45) is 19.5. The first-order valence-electron chi connectivity index (χ1n) is 10.3. The van der Waals surface area contributed by atoms with E-state index < -0.39 is 0 Å². The van der Waals surface area contributed by atoms with Crippen molar-refractivity contribution in [2.75, 3.05) is 6.54 Å². The van der Waals surface area contributed by atoms with Crippen molar-refractivity contribution in [3.8, 4) is 0 Å². The highest BCUT2D eigenvalue weighted by Crippen LogP contribution is 2.10. The summed E-state index contributed by atoms with van der Waals surface area (Å²) >= 11 is 0. The van der Waals surface area contributed by atoms with Crippen molar-refractivity contribution >= 4 is 5.91 Å². The fourth-order valence-electron chi connectivity index (χ4n) is 2.73. The second kappa shape index (κ2) is 18.5. The van der Waals surface area contributed by atoms with Gasteiger partial charge in [0.25, 0.3) is 0 Å². The number of hydrogen-bond donors (Lipinski definition) is 2. The Labute approximate surface area is 150 Å². The van der Waals surface area contributed by atoms with Gasteiger partial charge in [0.1, 0.15) is 0 Å². The zero-order chi connectivity index (χ0) is 17.9. The Balaban J connectivity index is 3.30. The second-order valence-electron chi connectivity index (χ2n) is 6.87. The van der Waals surface area contributed by atoms with Crippen molar-refractivity contribution in [3.05, 3.63) is 12.2 Å². The number of allylic oxidation sites excluding steroid dienone is 1. The standard InChI is InChI=1S/C21H41NO2/c1-3-5-6-13-16-20(23)17-14-11-9-7-8-10-12-15-18-21(24)22-19-4-2/h11,14,20,23H,3-10,12-13,15-19H2,1-2H3,(H,22,24)/t20-/m1/s1. The second-order valence-corrected chi connectivity index (χ2v) is 6.87. The summed E-state index contributed by atoms with van der Waals surface area (Å²) in [5, 5.41) is 12.8. The number of aliphatic hydroxyl groups is 1. The van der Waals surface area contributed by atoms with Gasteiger partial charge >= 0.3 is 0 Å². The molecule has 0 aliphatic heterocycles. The molecule has 3 heteroatoms. The molecule has 3 nitrogen and oxygen atoms in total. The number of carbonyl (C=O) groups is 1. The summed E-state index contributed by atoms with van der Waals surface area (Å²) < 4.78 is 0. The van der Waals surface area contributed by atoms with Crippen molar-refractivity contribution in [2.45, 2.75) is 110 Å². The van der Waals surface area contributed by atoms with Crippen LogP contribution in [0.5, 0.6) is 0 Å². The minimum absolute atomic E-state index is 0.156. The molecule has 0 spiro atoms. The van der Waals surface area contributed by atoms with Gasteiger partial charge in [-0.3, -0.25) is 4.79 Å². The molecule has 0 rings (SSSR count). The number of amides is 1. The van der Waals surface area contributed by atoms with Crippen LogP contribution >= 0.6 is 0 Å². The Kier molecular flexibility index (Phi) is 17.9. The lowest BCUT2D eigenvalue weighted by atomic mass is 10.1. The van der Waals surface area contributed by atoms with E-state index in [0.717, 1.165) is 51.5 Å². The molecule has 24 heavy (non-hydrogen) atoms. The van der Waals surface area contributed by atoms with Crippen molar-refractivity contribution < 1.29 is 9.90 Å². The summed E-state index contributed by atoms with van der Waals surface area (Å²) in [6.45, 7) is 5.09. The molecule has 0 bridgehead atoms. The number of nitrogens with one attached hydrogen (secondary N) is 1. The summed E-state index contributed by atoms with van der Waals surface area (Å²) in [6, 6.07) is 0. The molecule has 0 aromatic carbocycles. The van der Waals surface area contributed by atoms with E-state index >= 15 is 0 Å². The summed E-state index contributed by atoms with van der Waals surface area (Å²) in [5.41, 5.74) is 0. The quantitative estimate of drug-likeness (QED) is 0.271. The van der Waals surface area contributed by atoms with Gasteiger partial charge in [0.15, 0.2) is 0 Å². The highest BCUT2D eigenvalue weighted by Gasteiger charge is 2.01. The average Bonchev–Trinajstić information content (AvgIpc) is 2.58. The van der Waals surface area contributed by atoms with Gasteiger partial charge in [-0.2, -0.15) is 0 Å². The molecule has 0 aliphatic rings. The van der Waals surface area contributed by atoms with Gasteiger partial charge in [0.05, 0.1) is 6.10 Å². The van der Waals surface area contributed by atoms with Crippen LogP contribution in [0.15, 0.2) is 12.2 Å². The molecule has 0 saturated carbocycles. The van der Waals surface area contributed by atoms with Gasteiger partial charge in [0.2, 0.25) is 5.91 Å². The largest absolute Gasteiger partial charge is 0.393 e. The van der Waals surface area contributed by atoms with Gasteiger partial charge in [-0.05, 0) is 38.5 Å². The van der Waals surface area contributed by atoms with Crippen LogP contribution in [0.3, 0.4) is 0 Å². The van der Waals surface area contributed by atoms with Gasteiger partial charge in [-0.25, -0.2) is 0 Å². The minimum atomic E-state index is -0.156. The van der Waals surface area contributed by atoms with Gasteiger partial charge in [-0.1, -0.05) is 70.9 Å². The van der Waals surface area contributed by atoms with Crippen molar-refractivity contribution in [1.82, 2.24) is 5.32 Å². The van der Waals surface area contributed by atoms with E-state index in [1.807, 2.05) is 0 Å². The van der Waals surface area contributed by atoms with Gasteiger partial charge in [-0.15, -0.1) is 0 Å². The zero-order valence-corrected chi connectivity index (χ0v) is 16.2. The van der Waals surface area contributed by atoms with Crippen molar-refractivity contribution in [1.29, 1.82) is 0 Å². The van der Waals surface area contributed by atoms with E-state index in [-0.39, 0.29) is 12.0 Å². The molecule has 0 fully saturated rings. The Hall–Kier alpha value is -0.830. The van der Waals surface area contributed by atoms with Crippen LogP contribution in [0.4, 0.5) is 0 Å². The molecule has 2 N–H and O–H groups in total. The van der Waals surface area contributed by atoms with Gasteiger partial charge < -0.3 is 10.4 Å². The van der Waals surface area contributed by atoms with Crippen molar-refractivity contribution in [2.24, 2.45) is 0 Å². The number of unbranched alkanes of at least 4 members (excludes halogenated alkanes) is 8. The summed E-state index contributed by atoms with van der Waals surface area (Å²) in [7, 11) is 0. The molecule has 0 aromatic heterocycles. The van der Waals surface area contributed by atoms with E-state index in [1.165, 1.54) is 38.5 Å². The van der Waals surface area contributed by atoms with E-state index in [9.17, 15) is 9.90 Å². The molecule has 0 unspecified atom stereocenters. The van der Waals surface area contributed by atoms with Crippen LogP contribution in [0, 0.1) is 0 Å². The van der Waals surface area contributed by atoms with Crippen LogP contribution in [0.25, 0.3) is 0 Å². The maximum Gasteiger partial charge on any atom is 0.219 e. The molecule has 0 saturated heterocycles. The maximum absolute atomic E-state index is 11.4. The van der Waals surface area contributed by atoms with Crippen LogP contribution in [-0.4, -0.2) is 23.7 Å². The Morgan fingerprint density at radius 3 is 2.38 bits per heavy atom. The first kappa shape index (κ1) is 23.2. The molecule has 0 aromatic rings. The number of aliphatic hydroxyl groups excluding tert-OH is 1. The monoisotopic (exact) mass is 339 g/mol. The van der Waals surface area contributed by atoms with Crippen LogP contribution in [-0.2, 0) is 4.79 Å². The third-order valence-corrected chi connectivity index (χ3v) is 4.31. The first-order valence-corrected chi connectivity index (χ1v) is 10.3. The molecule has 0 aliphatic carbocycles. The third kappa shape index (κ3) is 17.5. The number of hydrogen-bond acceptors (Lipinski definition) is 2. The number of carbonyl (C=O) groups excluding carboxylic acids is 1. The zero-order valence-electron chi connectivity index (χ0n) is 16.2. The lowest BCUT2D eigenvalue weighted by Gasteiger charge is -2.07. The van der Waals surface area contributed by atoms with E-state index in [2.05, 4.69) is 31.3 Å². The lowest BCUT2D eigenvalue weighted by molar-refractivity contribution is -0.121. The molecule has 1 amide bonds. The smallest absolute Gasteiger partial charge is 0.219 e. The topological polar surface area (TPSA) is 49.3 Å². The van der Waals surface area contributed by atoms with Crippen molar-refractivity contribution in [3.63, 3.8) is 0 Å². The average molecular weight is 340 g/mol. The SMILES string of the molecule is CCCCCC[C@@H](O)CC=CCCCCCCCC(=O)NCCC. The van der Waals surface area contributed by atoms with E-state index in [1.54, 1.807) is 0 Å². The molecule has 0 heterocycles. The molecule has 142 valence electrons. The normalized spacial score (nSPS) is 12.6. The molecule has 0 radical (unpaired) electrons. The Bertz CT molecular complexity index is 302. The van der Waals surface area contributed by atoms with E-state index in [4.69, 9.17) is 0 Å². The summed E-state index contributed by atoms with van der Waals surface area (Å²) in [5.74, 6) is 0.202. The predicted molar refractivity (Wildman–Crippen MR) is 104 cm³/mol.